The highest BCUT2D eigenvalue weighted by molar-refractivity contribution is 5.57. The molecule has 104 valence electrons. The summed E-state index contributed by atoms with van der Waals surface area (Å²) in [5.41, 5.74) is 3.41. The predicted molar refractivity (Wildman–Crippen MR) is 81.7 cm³/mol. The summed E-state index contributed by atoms with van der Waals surface area (Å²) >= 11 is 0. The molecule has 1 saturated heterocycles. The highest BCUT2D eigenvalue weighted by Crippen LogP contribution is 2.34. The molecule has 1 atom stereocenters. The summed E-state index contributed by atoms with van der Waals surface area (Å²) in [5, 5.41) is 3.54. The Bertz CT molecular complexity index is 439. The molecule has 2 aliphatic rings. The minimum Gasteiger partial charge on any atom is -0.384 e. The van der Waals surface area contributed by atoms with Crippen molar-refractivity contribution in [3.05, 3.63) is 29.8 Å². The molecule has 19 heavy (non-hydrogen) atoms. The number of anilines is 1. The second kappa shape index (κ2) is 5.16. The fourth-order valence-corrected chi connectivity index (χ4v) is 3.49. The van der Waals surface area contributed by atoms with Crippen LogP contribution in [0.3, 0.4) is 0 Å². The lowest BCUT2D eigenvalue weighted by Gasteiger charge is -2.25. The van der Waals surface area contributed by atoms with E-state index in [2.05, 4.69) is 48.3 Å². The van der Waals surface area contributed by atoms with Crippen molar-refractivity contribution in [2.45, 2.75) is 39.0 Å². The van der Waals surface area contributed by atoms with E-state index in [1.807, 2.05) is 0 Å². The smallest absolute Gasteiger partial charge is 0.0376 e. The van der Waals surface area contributed by atoms with Gasteiger partial charge >= 0.3 is 0 Å². The van der Waals surface area contributed by atoms with E-state index in [0.717, 1.165) is 6.54 Å². The van der Waals surface area contributed by atoms with Crippen molar-refractivity contribution in [1.29, 1.82) is 0 Å². The van der Waals surface area contributed by atoms with Gasteiger partial charge in [-0.2, -0.15) is 0 Å². The maximum Gasteiger partial charge on any atom is 0.0376 e. The molecule has 1 unspecified atom stereocenters. The number of para-hydroxylation sites is 1. The van der Waals surface area contributed by atoms with Crippen LogP contribution in [-0.4, -0.2) is 31.1 Å². The van der Waals surface area contributed by atoms with Gasteiger partial charge in [0, 0.05) is 24.7 Å². The van der Waals surface area contributed by atoms with Gasteiger partial charge in [0.2, 0.25) is 0 Å². The average molecular weight is 258 g/mol. The van der Waals surface area contributed by atoms with Crippen molar-refractivity contribution in [1.82, 2.24) is 4.90 Å². The van der Waals surface area contributed by atoms with Gasteiger partial charge in [0.25, 0.3) is 0 Å². The molecule has 0 aliphatic carbocycles. The molecule has 1 aromatic carbocycles. The zero-order valence-corrected chi connectivity index (χ0v) is 12.3. The highest BCUT2D eigenvalue weighted by atomic mass is 15.1. The third kappa shape index (κ3) is 2.94. The third-order valence-electron chi connectivity index (χ3n) is 4.85. The van der Waals surface area contributed by atoms with E-state index < -0.39 is 0 Å². The van der Waals surface area contributed by atoms with Crippen LogP contribution in [0.15, 0.2) is 24.3 Å². The lowest BCUT2D eigenvalue weighted by atomic mass is 9.85. The first-order valence-corrected chi connectivity index (χ1v) is 7.69. The van der Waals surface area contributed by atoms with Gasteiger partial charge in [0.05, 0.1) is 0 Å². The van der Waals surface area contributed by atoms with Gasteiger partial charge < -0.3 is 10.2 Å². The normalized spacial score (nSPS) is 26.5. The van der Waals surface area contributed by atoms with Crippen LogP contribution >= 0.6 is 0 Å². The van der Waals surface area contributed by atoms with E-state index in [-0.39, 0.29) is 0 Å². The van der Waals surface area contributed by atoms with Gasteiger partial charge in [-0.1, -0.05) is 32.0 Å². The van der Waals surface area contributed by atoms with Crippen molar-refractivity contribution < 1.29 is 0 Å². The molecule has 0 amide bonds. The second-order valence-corrected chi connectivity index (χ2v) is 6.98. The molecule has 2 heterocycles. The summed E-state index contributed by atoms with van der Waals surface area (Å²) in [6, 6.07) is 8.80. The fourth-order valence-electron chi connectivity index (χ4n) is 3.49. The average Bonchev–Trinajstić information content (AvgIpc) is 2.70. The molecule has 2 nitrogen and oxygen atoms in total. The number of hydrogen-bond acceptors (Lipinski definition) is 2. The van der Waals surface area contributed by atoms with Crippen molar-refractivity contribution in [2.24, 2.45) is 5.41 Å². The van der Waals surface area contributed by atoms with E-state index in [1.54, 1.807) is 0 Å². The van der Waals surface area contributed by atoms with Crippen LogP contribution in [0.5, 0.6) is 0 Å². The van der Waals surface area contributed by atoms with Crippen molar-refractivity contribution >= 4 is 5.69 Å². The molecule has 1 aromatic rings. The van der Waals surface area contributed by atoms with Crippen LogP contribution in [0.1, 0.15) is 44.6 Å². The molecular formula is C17H26N2. The van der Waals surface area contributed by atoms with E-state index in [4.69, 9.17) is 0 Å². The number of fused-ring (bicyclic) bond motifs is 1. The highest BCUT2D eigenvalue weighted by Gasteiger charge is 2.27. The molecule has 1 N–H and O–H groups in total. The van der Waals surface area contributed by atoms with Gasteiger partial charge in [-0.15, -0.1) is 0 Å². The van der Waals surface area contributed by atoms with Crippen LogP contribution in [0.25, 0.3) is 0 Å². The van der Waals surface area contributed by atoms with Gasteiger partial charge in [0.15, 0.2) is 0 Å². The Morgan fingerprint density at radius 2 is 2.05 bits per heavy atom. The molecule has 3 rings (SSSR count). The Hall–Kier alpha value is -1.02. The molecule has 2 heteroatoms. The largest absolute Gasteiger partial charge is 0.384 e. The molecule has 0 bridgehead atoms. The van der Waals surface area contributed by atoms with Gasteiger partial charge in [-0.25, -0.2) is 0 Å². The van der Waals surface area contributed by atoms with E-state index >= 15 is 0 Å². The molecule has 2 aliphatic heterocycles. The van der Waals surface area contributed by atoms with E-state index in [9.17, 15) is 0 Å². The Labute approximate surface area is 117 Å². The molecule has 0 saturated carbocycles. The van der Waals surface area contributed by atoms with E-state index in [1.165, 1.54) is 50.1 Å². The number of likely N-dealkylation sites (tertiary alicyclic amines) is 1. The summed E-state index contributed by atoms with van der Waals surface area (Å²) in [7, 11) is 0. The van der Waals surface area contributed by atoms with Crippen LogP contribution in [-0.2, 0) is 0 Å². The monoisotopic (exact) mass is 258 g/mol. The molecule has 0 aromatic heterocycles. The summed E-state index contributed by atoms with van der Waals surface area (Å²) in [5.74, 6) is 0.678. The van der Waals surface area contributed by atoms with Crippen LogP contribution < -0.4 is 5.32 Å². The Balaban J connectivity index is 1.64. The van der Waals surface area contributed by atoms with Gasteiger partial charge in [0.1, 0.15) is 0 Å². The lowest BCUT2D eigenvalue weighted by molar-refractivity contribution is 0.252. The predicted octanol–water partition coefficient (Wildman–Crippen LogP) is 3.71. The lowest BCUT2D eigenvalue weighted by Crippen LogP contribution is -2.30. The zero-order valence-electron chi connectivity index (χ0n) is 12.3. The summed E-state index contributed by atoms with van der Waals surface area (Å²) in [4.78, 5) is 2.68. The first-order valence-electron chi connectivity index (χ1n) is 7.69. The van der Waals surface area contributed by atoms with Crippen LogP contribution in [0, 0.1) is 5.41 Å². The maximum absolute atomic E-state index is 3.54. The summed E-state index contributed by atoms with van der Waals surface area (Å²) in [6.45, 7) is 9.72. The van der Waals surface area contributed by atoms with Crippen molar-refractivity contribution in [3.63, 3.8) is 0 Å². The first kappa shape index (κ1) is 13.0. The van der Waals surface area contributed by atoms with Crippen LogP contribution in [0.4, 0.5) is 5.69 Å². The van der Waals surface area contributed by atoms with Gasteiger partial charge in [-0.05, 0) is 49.4 Å². The second-order valence-electron chi connectivity index (χ2n) is 6.98. The fraction of sp³-hybridized carbons (Fsp3) is 0.647. The topological polar surface area (TPSA) is 15.3 Å². The van der Waals surface area contributed by atoms with Crippen molar-refractivity contribution in [2.75, 3.05) is 31.5 Å². The standard InChI is InChI=1S/C17H26N2/c1-17(2)8-5-10-19(11-9-17)13-14-12-18-16-7-4-3-6-15(14)16/h3-4,6-7,14,18H,5,8-13H2,1-2H3. The molecule has 0 spiro atoms. The molecule has 1 fully saturated rings. The summed E-state index contributed by atoms with van der Waals surface area (Å²) < 4.78 is 0. The first-order chi connectivity index (χ1) is 9.14. The number of benzene rings is 1. The van der Waals surface area contributed by atoms with Gasteiger partial charge in [-0.3, -0.25) is 0 Å². The van der Waals surface area contributed by atoms with E-state index in [0.29, 0.717) is 11.3 Å². The Morgan fingerprint density at radius 1 is 1.21 bits per heavy atom. The number of nitrogens with one attached hydrogen (secondary N) is 1. The minimum absolute atomic E-state index is 0.542. The number of rotatable bonds is 2. The Morgan fingerprint density at radius 3 is 2.95 bits per heavy atom. The number of hydrogen-bond donors (Lipinski definition) is 1. The van der Waals surface area contributed by atoms with Crippen molar-refractivity contribution in [3.8, 4) is 0 Å². The quantitative estimate of drug-likeness (QED) is 0.870. The molecule has 0 radical (unpaired) electrons. The summed E-state index contributed by atoms with van der Waals surface area (Å²) in [6.07, 6.45) is 4.08. The zero-order chi connectivity index (χ0) is 13.3. The SMILES string of the molecule is CC1(C)CCCN(CC2CNc3ccccc32)CC1. The van der Waals surface area contributed by atoms with Crippen LogP contribution in [0.2, 0.25) is 0 Å². The number of nitrogens with zero attached hydrogens (tertiary/aromatic N) is 1. The Kier molecular flexibility index (Phi) is 3.53. The third-order valence-corrected chi connectivity index (χ3v) is 4.85. The minimum atomic E-state index is 0.542. The maximum atomic E-state index is 3.54. The molecular weight excluding hydrogens is 232 g/mol.